The molecule has 0 aromatic heterocycles. The van der Waals surface area contributed by atoms with E-state index < -0.39 is 0 Å². The first-order valence-electron chi connectivity index (χ1n) is 7.88. The fourth-order valence-corrected chi connectivity index (χ4v) is 3.12. The van der Waals surface area contributed by atoms with Crippen LogP contribution in [-0.4, -0.2) is 32.0 Å². The van der Waals surface area contributed by atoms with Gasteiger partial charge >= 0.3 is 0 Å². The highest BCUT2D eigenvalue weighted by Crippen LogP contribution is 2.37. The lowest BCUT2D eigenvalue weighted by molar-refractivity contribution is 0.174. The summed E-state index contributed by atoms with van der Waals surface area (Å²) in [7, 11) is 0. The molecule has 116 valence electrons. The lowest BCUT2D eigenvalue weighted by Crippen LogP contribution is -2.60. The molecular formula is C17H26N2O2. The fraction of sp³-hybridized carbons (Fsp3) is 0.647. The Morgan fingerprint density at radius 3 is 2.71 bits per heavy atom. The van der Waals surface area contributed by atoms with E-state index in [0.717, 1.165) is 31.0 Å². The van der Waals surface area contributed by atoms with E-state index in [-0.39, 0.29) is 5.41 Å². The second-order valence-electron chi connectivity index (χ2n) is 7.08. The van der Waals surface area contributed by atoms with Crippen molar-refractivity contribution >= 4 is 5.69 Å². The van der Waals surface area contributed by atoms with Gasteiger partial charge in [-0.1, -0.05) is 27.7 Å². The first-order valence-corrected chi connectivity index (χ1v) is 7.88. The van der Waals surface area contributed by atoms with Crippen molar-refractivity contribution in [1.29, 1.82) is 0 Å². The van der Waals surface area contributed by atoms with Crippen LogP contribution in [0, 0.1) is 5.41 Å². The maximum Gasteiger partial charge on any atom is 0.231 e. The van der Waals surface area contributed by atoms with Gasteiger partial charge in [-0.2, -0.15) is 0 Å². The number of piperazine rings is 1. The topological polar surface area (TPSA) is 33.7 Å². The Hall–Kier alpha value is -1.42. The largest absolute Gasteiger partial charge is 0.454 e. The number of hydrogen-bond donors (Lipinski definition) is 1. The summed E-state index contributed by atoms with van der Waals surface area (Å²) < 4.78 is 10.9. The van der Waals surface area contributed by atoms with Crippen molar-refractivity contribution in [1.82, 2.24) is 5.32 Å². The van der Waals surface area contributed by atoms with Crippen LogP contribution in [0.15, 0.2) is 18.2 Å². The second-order valence-corrected chi connectivity index (χ2v) is 7.08. The van der Waals surface area contributed by atoms with E-state index >= 15 is 0 Å². The van der Waals surface area contributed by atoms with Crippen LogP contribution < -0.4 is 19.7 Å². The molecule has 0 bridgehead atoms. The van der Waals surface area contributed by atoms with Gasteiger partial charge in [-0.25, -0.2) is 0 Å². The molecule has 4 nitrogen and oxygen atoms in total. The van der Waals surface area contributed by atoms with Crippen LogP contribution in [-0.2, 0) is 0 Å². The van der Waals surface area contributed by atoms with E-state index in [2.05, 4.69) is 50.0 Å². The van der Waals surface area contributed by atoms with E-state index in [4.69, 9.17) is 9.47 Å². The lowest BCUT2D eigenvalue weighted by atomic mass is 9.84. The maximum atomic E-state index is 5.53. The Morgan fingerprint density at radius 1 is 1.24 bits per heavy atom. The van der Waals surface area contributed by atoms with Gasteiger partial charge in [-0.05, 0) is 24.0 Å². The molecule has 1 N–H and O–H groups in total. The first-order chi connectivity index (χ1) is 9.99. The van der Waals surface area contributed by atoms with Crippen LogP contribution >= 0.6 is 0 Å². The zero-order chi connectivity index (χ0) is 15.0. The average molecular weight is 290 g/mol. The van der Waals surface area contributed by atoms with E-state index in [1.165, 1.54) is 5.69 Å². The van der Waals surface area contributed by atoms with Crippen molar-refractivity contribution in [3.05, 3.63) is 18.2 Å². The Morgan fingerprint density at radius 2 is 2.00 bits per heavy atom. The number of ether oxygens (including phenoxy) is 2. The van der Waals surface area contributed by atoms with Gasteiger partial charge in [0.15, 0.2) is 11.5 Å². The number of anilines is 1. The van der Waals surface area contributed by atoms with Gasteiger partial charge < -0.3 is 19.7 Å². The SMILES string of the molecule is CCC1CNC(C(C)(C)C)CN1c1ccc2c(c1)OCO2. The van der Waals surface area contributed by atoms with Crippen LogP contribution in [0.25, 0.3) is 0 Å². The fourth-order valence-electron chi connectivity index (χ4n) is 3.12. The molecule has 0 spiro atoms. The molecule has 0 radical (unpaired) electrons. The standard InChI is InChI=1S/C17H26N2O2/c1-5-12-9-18-16(17(2,3)4)10-19(12)13-6-7-14-15(8-13)21-11-20-14/h6-8,12,16,18H,5,9-11H2,1-4H3. The van der Waals surface area contributed by atoms with Crippen molar-refractivity contribution in [2.24, 2.45) is 5.41 Å². The zero-order valence-electron chi connectivity index (χ0n) is 13.5. The van der Waals surface area contributed by atoms with Gasteiger partial charge in [0.1, 0.15) is 0 Å². The average Bonchev–Trinajstić information content (AvgIpc) is 2.93. The molecule has 2 aliphatic rings. The molecular weight excluding hydrogens is 264 g/mol. The molecule has 3 rings (SSSR count). The molecule has 0 aliphatic carbocycles. The molecule has 4 heteroatoms. The summed E-state index contributed by atoms with van der Waals surface area (Å²) in [4.78, 5) is 2.52. The summed E-state index contributed by atoms with van der Waals surface area (Å²) in [6, 6.07) is 7.32. The predicted molar refractivity (Wildman–Crippen MR) is 85.2 cm³/mol. The quantitative estimate of drug-likeness (QED) is 0.908. The third-order valence-electron chi connectivity index (χ3n) is 4.62. The minimum Gasteiger partial charge on any atom is -0.454 e. The van der Waals surface area contributed by atoms with Crippen molar-refractivity contribution in [2.75, 3.05) is 24.8 Å². The molecule has 21 heavy (non-hydrogen) atoms. The Bertz CT molecular complexity index is 510. The van der Waals surface area contributed by atoms with Crippen molar-refractivity contribution < 1.29 is 9.47 Å². The minimum absolute atomic E-state index is 0.257. The first kappa shape index (κ1) is 14.5. The van der Waals surface area contributed by atoms with Gasteiger partial charge in [-0.15, -0.1) is 0 Å². The van der Waals surface area contributed by atoms with Crippen LogP contribution in [0.3, 0.4) is 0 Å². The van der Waals surface area contributed by atoms with Gasteiger partial charge in [0.2, 0.25) is 6.79 Å². The monoisotopic (exact) mass is 290 g/mol. The number of rotatable bonds is 2. The molecule has 1 saturated heterocycles. The minimum atomic E-state index is 0.257. The third-order valence-corrected chi connectivity index (χ3v) is 4.62. The molecule has 0 saturated carbocycles. The highest BCUT2D eigenvalue weighted by atomic mass is 16.7. The highest BCUT2D eigenvalue weighted by Gasteiger charge is 2.34. The smallest absolute Gasteiger partial charge is 0.231 e. The Labute approximate surface area is 127 Å². The van der Waals surface area contributed by atoms with E-state index in [0.29, 0.717) is 18.9 Å². The maximum absolute atomic E-state index is 5.53. The molecule has 0 amide bonds. The third kappa shape index (κ3) is 2.82. The van der Waals surface area contributed by atoms with Crippen molar-refractivity contribution in [3.63, 3.8) is 0 Å². The van der Waals surface area contributed by atoms with Crippen molar-refractivity contribution in [2.45, 2.75) is 46.2 Å². The Balaban J connectivity index is 1.86. The summed E-state index contributed by atoms with van der Waals surface area (Å²) in [5.41, 5.74) is 1.50. The molecule has 1 aromatic rings. The normalized spacial score (nSPS) is 25.2. The summed E-state index contributed by atoms with van der Waals surface area (Å²) in [5.74, 6) is 1.72. The van der Waals surface area contributed by atoms with E-state index in [1.54, 1.807) is 0 Å². The van der Waals surface area contributed by atoms with Gasteiger partial charge in [0.05, 0.1) is 0 Å². The van der Waals surface area contributed by atoms with Crippen LogP contribution in [0.4, 0.5) is 5.69 Å². The number of fused-ring (bicyclic) bond motifs is 1. The molecule has 2 atom stereocenters. The predicted octanol–water partition coefficient (Wildman–Crippen LogP) is 3.02. The van der Waals surface area contributed by atoms with Crippen LogP contribution in [0.1, 0.15) is 34.1 Å². The van der Waals surface area contributed by atoms with Gasteiger partial charge in [-0.3, -0.25) is 0 Å². The van der Waals surface area contributed by atoms with Crippen LogP contribution in [0.2, 0.25) is 0 Å². The molecule has 1 aromatic carbocycles. The highest BCUT2D eigenvalue weighted by molar-refractivity contribution is 5.58. The van der Waals surface area contributed by atoms with E-state index in [9.17, 15) is 0 Å². The number of nitrogens with zero attached hydrogens (tertiary/aromatic N) is 1. The molecule has 2 heterocycles. The summed E-state index contributed by atoms with van der Waals surface area (Å²) >= 11 is 0. The summed E-state index contributed by atoms with van der Waals surface area (Å²) in [6.45, 7) is 11.6. The lowest BCUT2D eigenvalue weighted by Gasteiger charge is -2.46. The van der Waals surface area contributed by atoms with Crippen molar-refractivity contribution in [3.8, 4) is 11.5 Å². The number of hydrogen-bond acceptors (Lipinski definition) is 4. The summed E-state index contributed by atoms with van der Waals surface area (Å²) in [5, 5.41) is 3.71. The Kier molecular flexibility index (Phi) is 3.74. The molecule has 2 unspecified atom stereocenters. The van der Waals surface area contributed by atoms with Crippen LogP contribution in [0.5, 0.6) is 11.5 Å². The summed E-state index contributed by atoms with van der Waals surface area (Å²) in [6.07, 6.45) is 1.14. The zero-order valence-corrected chi connectivity index (χ0v) is 13.5. The number of benzene rings is 1. The van der Waals surface area contributed by atoms with E-state index in [1.807, 2.05) is 6.07 Å². The molecule has 2 aliphatic heterocycles. The van der Waals surface area contributed by atoms with Gasteiger partial charge in [0.25, 0.3) is 0 Å². The molecule has 1 fully saturated rings. The second kappa shape index (κ2) is 5.41. The number of nitrogens with one attached hydrogen (secondary N) is 1. The van der Waals surface area contributed by atoms with Gasteiger partial charge in [0, 0.05) is 36.9 Å².